The summed E-state index contributed by atoms with van der Waals surface area (Å²) in [6, 6.07) is 9.82. The van der Waals surface area contributed by atoms with Crippen LogP contribution in [0.25, 0.3) is 0 Å². The van der Waals surface area contributed by atoms with Crippen molar-refractivity contribution in [2.75, 3.05) is 26.9 Å². The first kappa shape index (κ1) is 17.5. The van der Waals surface area contributed by atoms with Crippen LogP contribution in [0.3, 0.4) is 0 Å². The van der Waals surface area contributed by atoms with Gasteiger partial charge in [-0.2, -0.15) is 0 Å². The Hall–Kier alpha value is -2.29. The van der Waals surface area contributed by atoms with E-state index >= 15 is 0 Å². The Morgan fingerprint density at radius 1 is 1.04 bits per heavy atom. The molecule has 7 heteroatoms. The maximum Gasteiger partial charge on any atom is 0.338 e. The fraction of sp³-hybridized carbons (Fsp3) is 0.222. The number of ketones is 1. The van der Waals surface area contributed by atoms with Gasteiger partial charge in [-0.05, 0) is 59.0 Å². The number of esters is 1. The molecule has 1 aliphatic heterocycles. The summed E-state index contributed by atoms with van der Waals surface area (Å²) in [6.45, 7) is 0.579. The van der Waals surface area contributed by atoms with Gasteiger partial charge in [0, 0.05) is 5.56 Å². The van der Waals surface area contributed by atoms with Crippen LogP contribution < -0.4 is 14.2 Å². The Balaban J connectivity index is 1.64. The lowest BCUT2D eigenvalue weighted by atomic mass is 10.1. The lowest BCUT2D eigenvalue weighted by Crippen LogP contribution is -2.17. The molecule has 0 saturated carbocycles. The first-order chi connectivity index (χ1) is 12.1. The summed E-state index contributed by atoms with van der Waals surface area (Å²) in [5.41, 5.74) is 0.765. The average Bonchev–Trinajstić information content (AvgIpc) is 2.65. The highest BCUT2D eigenvalue weighted by atomic mass is 127. The van der Waals surface area contributed by atoms with Gasteiger partial charge >= 0.3 is 5.97 Å². The number of fused-ring (bicyclic) bond motifs is 1. The van der Waals surface area contributed by atoms with E-state index in [1.807, 2.05) is 0 Å². The van der Waals surface area contributed by atoms with E-state index in [-0.39, 0.29) is 12.4 Å². The quantitative estimate of drug-likeness (QED) is 0.393. The van der Waals surface area contributed by atoms with E-state index in [0.29, 0.717) is 41.6 Å². The fourth-order valence-corrected chi connectivity index (χ4v) is 3.04. The van der Waals surface area contributed by atoms with Crippen molar-refractivity contribution in [3.8, 4) is 17.2 Å². The van der Waals surface area contributed by atoms with Gasteiger partial charge in [0.2, 0.25) is 0 Å². The van der Waals surface area contributed by atoms with E-state index in [4.69, 9.17) is 18.9 Å². The Morgan fingerprint density at radius 2 is 1.76 bits per heavy atom. The molecule has 1 aliphatic rings. The minimum absolute atomic E-state index is 0.312. The lowest BCUT2D eigenvalue weighted by Gasteiger charge is -2.18. The SMILES string of the molecule is COc1ccc(C(=O)OCC(=O)c2ccc3c(c2)OCCO3)cc1I. The van der Waals surface area contributed by atoms with Crippen LogP contribution in [0, 0.1) is 3.57 Å². The third kappa shape index (κ3) is 4.04. The maximum absolute atomic E-state index is 12.2. The van der Waals surface area contributed by atoms with Crippen LogP contribution >= 0.6 is 22.6 Å². The summed E-state index contributed by atoms with van der Waals surface area (Å²) in [5.74, 6) is 0.922. The number of hydrogen-bond donors (Lipinski definition) is 0. The van der Waals surface area contributed by atoms with Crippen LogP contribution in [0.2, 0.25) is 0 Å². The average molecular weight is 454 g/mol. The molecule has 1 heterocycles. The van der Waals surface area contributed by atoms with E-state index < -0.39 is 5.97 Å². The van der Waals surface area contributed by atoms with Gasteiger partial charge in [0.1, 0.15) is 19.0 Å². The second-order valence-electron chi connectivity index (χ2n) is 5.21. The summed E-state index contributed by atoms with van der Waals surface area (Å²) in [5, 5.41) is 0. The van der Waals surface area contributed by atoms with Gasteiger partial charge in [0.25, 0.3) is 0 Å². The van der Waals surface area contributed by atoms with Gasteiger partial charge in [-0.3, -0.25) is 4.79 Å². The van der Waals surface area contributed by atoms with E-state index in [1.54, 1.807) is 43.5 Å². The Morgan fingerprint density at radius 3 is 2.48 bits per heavy atom. The van der Waals surface area contributed by atoms with Gasteiger partial charge in [0.05, 0.1) is 16.2 Å². The second kappa shape index (κ2) is 7.73. The summed E-state index contributed by atoms with van der Waals surface area (Å²) in [4.78, 5) is 24.3. The van der Waals surface area contributed by atoms with Crippen LogP contribution in [0.5, 0.6) is 17.2 Å². The van der Waals surface area contributed by atoms with Crippen LogP contribution in [0.4, 0.5) is 0 Å². The molecule has 0 N–H and O–H groups in total. The summed E-state index contributed by atoms with van der Waals surface area (Å²) in [7, 11) is 1.56. The van der Waals surface area contributed by atoms with Crippen molar-refractivity contribution in [2.24, 2.45) is 0 Å². The number of rotatable bonds is 5. The van der Waals surface area contributed by atoms with Gasteiger partial charge in [-0.15, -0.1) is 0 Å². The molecule has 0 amide bonds. The smallest absolute Gasteiger partial charge is 0.338 e. The number of ether oxygens (including phenoxy) is 4. The van der Waals surface area contributed by atoms with Crippen molar-refractivity contribution in [1.82, 2.24) is 0 Å². The monoisotopic (exact) mass is 454 g/mol. The molecular weight excluding hydrogens is 439 g/mol. The number of hydrogen-bond acceptors (Lipinski definition) is 6. The zero-order valence-corrected chi connectivity index (χ0v) is 15.6. The van der Waals surface area contributed by atoms with Crippen molar-refractivity contribution in [1.29, 1.82) is 0 Å². The second-order valence-corrected chi connectivity index (χ2v) is 6.37. The van der Waals surface area contributed by atoms with E-state index in [0.717, 1.165) is 3.57 Å². The molecule has 0 aliphatic carbocycles. The number of carbonyl (C=O) groups is 2. The largest absolute Gasteiger partial charge is 0.496 e. The van der Waals surface area contributed by atoms with Crippen molar-refractivity contribution < 1.29 is 28.5 Å². The maximum atomic E-state index is 12.2. The molecule has 3 rings (SSSR count). The minimum Gasteiger partial charge on any atom is -0.496 e. The molecule has 0 fully saturated rings. The highest BCUT2D eigenvalue weighted by Gasteiger charge is 2.17. The van der Waals surface area contributed by atoms with Crippen LogP contribution in [0.15, 0.2) is 36.4 Å². The Kier molecular flexibility index (Phi) is 5.42. The molecule has 0 unspecified atom stereocenters. The number of methoxy groups -OCH3 is 1. The van der Waals surface area contributed by atoms with Gasteiger partial charge in [-0.1, -0.05) is 0 Å². The van der Waals surface area contributed by atoms with Crippen LogP contribution in [-0.2, 0) is 4.74 Å². The Labute approximate surface area is 158 Å². The summed E-state index contributed by atoms with van der Waals surface area (Å²) >= 11 is 2.06. The van der Waals surface area contributed by atoms with Crippen LogP contribution in [-0.4, -0.2) is 38.7 Å². The zero-order valence-electron chi connectivity index (χ0n) is 13.4. The number of benzene rings is 2. The zero-order chi connectivity index (χ0) is 17.8. The predicted octanol–water partition coefficient (Wildman–Crippen LogP) is 3.11. The molecule has 25 heavy (non-hydrogen) atoms. The van der Waals surface area contributed by atoms with Crippen molar-refractivity contribution >= 4 is 34.3 Å². The molecular formula is C18H15IO6. The summed E-state index contributed by atoms with van der Waals surface area (Å²) < 4.78 is 21.9. The van der Waals surface area contributed by atoms with Crippen LogP contribution in [0.1, 0.15) is 20.7 Å². The number of halogens is 1. The van der Waals surface area contributed by atoms with Crippen molar-refractivity contribution in [3.63, 3.8) is 0 Å². The van der Waals surface area contributed by atoms with Crippen molar-refractivity contribution in [2.45, 2.75) is 0 Å². The molecule has 2 aromatic rings. The third-order valence-corrected chi connectivity index (χ3v) is 4.43. The summed E-state index contributed by atoms with van der Waals surface area (Å²) in [6.07, 6.45) is 0. The molecule has 0 atom stereocenters. The predicted molar refractivity (Wildman–Crippen MR) is 97.8 cm³/mol. The van der Waals surface area contributed by atoms with E-state index in [2.05, 4.69) is 22.6 Å². The normalized spacial score (nSPS) is 12.4. The molecule has 0 spiro atoms. The topological polar surface area (TPSA) is 71.1 Å². The first-order valence-corrected chi connectivity index (χ1v) is 8.60. The highest BCUT2D eigenvalue weighted by molar-refractivity contribution is 14.1. The van der Waals surface area contributed by atoms with Gasteiger partial charge < -0.3 is 18.9 Å². The van der Waals surface area contributed by atoms with E-state index in [9.17, 15) is 9.59 Å². The standard InChI is InChI=1S/C18H15IO6/c1-22-15-4-3-12(8-13(15)19)18(21)25-10-14(20)11-2-5-16-17(9-11)24-7-6-23-16/h2-5,8-9H,6-7,10H2,1H3. The minimum atomic E-state index is -0.563. The molecule has 0 aromatic heterocycles. The first-order valence-electron chi connectivity index (χ1n) is 7.52. The molecule has 0 radical (unpaired) electrons. The van der Waals surface area contributed by atoms with Crippen molar-refractivity contribution in [3.05, 3.63) is 51.1 Å². The Bertz CT molecular complexity index is 817. The fourth-order valence-electron chi connectivity index (χ4n) is 2.31. The number of Topliss-reactive ketones (excluding diaryl/α,β-unsaturated/α-hetero) is 1. The molecule has 2 aromatic carbocycles. The third-order valence-electron chi connectivity index (χ3n) is 3.59. The van der Waals surface area contributed by atoms with Gasteiger partial charge in [-0.25, -0.2) is 4.79 Å². The van der Waals surface area contributed by atoms with E-state index in [1.165, 1.54) is 0 Å². The highest BCUT2D eigenvalue weighted by Crippen LogP contribution is 2.30. The molecule has 0 saturated heterocycles. The molecule has 6 nitrogen and oxygen atoms in total. The van der Waals surface area contributed by atoms with Gasteiger partial charge in [0.15, 0.2) is 23.9 Å². The number of carbonyl (C=O) groups excluding carboxylic acids is 2. The molecule has 130 valence electrons. The lowest BCUT2D eigenvalue weighted by molar-refractivity contribution is 0.0474. The molecule has 0 bridgehead atoms.